The van der Waals surface area contributed by atoms with Gasteiger partial charge in [-0.3, -0.25) is 4.79 Å². The number of halogens is 1. The normalized spacial score (nSPS) is 16.2. The van der Waals surface area contributed by atoms with E-state index in [1.807, 2.05) is 42.5 Å². The second kappa shape index (κ2) is 9.32. The molecule has 1 aliphatic rings. The summed E-state index contributed by atoms with van der Waals surface area (Å²) in [5.41, 5.74) is 2.62. The Bertz CT molecular complexity index is 1230. The molecule has 0 radical (unpaired) electrons. The summed E-state index contributed by atoms with van der Waals surface area (Å²) in [5.74, 6) is 0.193. The van der Waals surface area contributed by atoms with Crippen molar-refractivity contribution in [3.05, 3.63) is 94.5 Å². The third-order valence-corrected chi connectivity index (χ3v) is 7.82. The lowest BCUT2D eigenvalue weighted by atomic mass is 9.95. The maximum Gasteiger partial charge on any atom is 0.244 e. The molecule has 0 saturated heterocycles. The summed E-state index contributed by atoms with van der Waals surface area (Å²) in [6.45, 7) is 0.335. The minimum atomic E-state index is -3.92. The van der Waals surface area contributed by atoms with Crippen LogP contribution in [0.25, 0.3) is 0 Å². The Labute approximate surface area is 192 Å². The number of methoxy groups -OCH3 is 1. The molecule has 4 rings (SSSR count). The van der Waals surface area contributed by atoms with Crippen molar-refractivity contribution in [3.63, 3.8) is 0 Å². The second-order valence-electron chi connectivity index (χ2n) is 7.52. The second-order valence-corrected chi connectivity index (χ2v) is 9.82. The third kappa shape index (κ3) is 4.50. The molecule has 0 aromatic heterocycles. The first-order valence-corrected chi connectivity index (χ1v) is 12.0. The lowest BCUT2D eigenvalue weighted by molar-refractivity contribution is -0.125. The monoisotopic (exact) mass is 470 g/mol. The number of hydrogen-bond donors (Lipinski definition) is 1. The van der Waals surface area contributed by atoms with E-state index < -0.39 is 16.1 Å². The number of rotatable bonds is 6. The van der Waals surface area contributed by atoms with Crippen molar-refractivity contribution in [1.29, 1.82) is 0 Å². The molecule has 8 heteroatoms. The van der Waals surface area contributed by atoms with Crippen LogP contribution in [-0.2, 0) is 34.3 Å². The smallest absolute Gasteiger partial charge is 0.244 e. The first-order valence-electron chi connectivity index (χ1n) is 10.1. The van der Waals surface area contributed by atoms with Gasteiger partial charge in [-0.2, -0.15) is 4.31 Å². The zero-order valence-electron chi connectivity index (χ0n) is 17.5. The molecule has 1 aliphatic heterocycles. The minimum absolute atomic E-state index is 0.113. The molecule has 1 atom stereocenters. The molecule has 0 spiro atoms. The first-order chi connectivity index (χ1) is 15.4. The van der Waals surface area contributed by atoms with E-state index in [9.17, 15) is 13.2 Å². The highest BCUT2D eigenvalue weighted by molar-refractivity contribution is 7.89. The van der Waals surface area contributed by atoms with E-state index in [-0.39, 0.29) is 23.9 Å². The molecule has 0 saturated carbocycles. The van der Waals surface area contributed by atoms with E-state index in [0.717, 1.165) is 16.7 Å². The Morgan fingerprint density at radius 1 is 1.03 bits per heavy atom. The van der Waals surface area contributed by atoms with Gasteiger partial charge in [0, 0.05) is 18.1 Å². The Balaban J connectivity index is 1.64. The standard InChI is InChI=1S/C24H23ClN2O4S/c1-31-20-10-12-21(13-11-20)32(29,30)27-16-19-8-3-2-6-17(19)14-23(27)24(28)26-15-18-7-4-5-9-22(18)25/h2-13,23H,14-16H2,1H3,(H,26,28). The van der Waals surface area contributed by atoms with Gasteiger partial charge in [-0.25, -0.2) is 8.42 Å². The Morgan fingerprint density at radius 2 is 1.69 bits per heavy atom. The van der Waals surface area contributed by atoms with E-state index in [1.165, 1.54) is 23.5 Å². The number of benzene rings is 3. The van der Waals surface area contributed by atoms with Gasteiger partial charge in [0.05, 0.1) is 12.0 Å². The number of fused-ring (bicyclic) bond motifs is 1. The molecule has 6 nitrogen and oxygen atoms in total. The SMILES string of the molecule is COc1ccc(S(=O)(=O)N2Cc3ccccc3CC2C(=O)NCc2ccccc2Cl)cc1. The Kier molecular flexibility index (Phi) is 6.50. The number of carbonyl (C=O) groups is 1. The van der Waals surface area contributed by atoms with Gasteiger partial charge in [-0.05, 0) is 53.4 Å². The minimum Gasteiger partial charge on any atom is -0.497 e. The van der Waals surface area contributed by atoms with Crippen molar-refractivity contribution in [1.82, 2.24) is 9.62 Å². The topological polar surface area (TPSA) is 75.7 Å². The predicted molar refractivity (Wildman–Crippen MR) is 123 cm³/mol. The Morgan fingerprint density at radius 3 is 2.38 bits per heavy atom. The fraction of sp³-hybridized carbons (Fsp3) is 0.208. The van der Waals surface area contributed by atoms with Crippen LogP contribution in [0.15, 0.2) is 77.7 Å². The van der Waals surface area contributed by atoms with Gasteiger partial charge >= 0.3 is 0 Å². The predicted octanol–water partition coefficient (Wildman–Crippen LogP) is 3.78. The zero-order chi connectivity index (χ0) is 22.7. The summed E-state index contributed by atoms with van der Waals surface area (Å²) in [6, 6.07) is 20.1. The molecule has 1 heterocycles. The van der Waals surface area contributed by atoms with Crippen LogP contribution in [0.1, 0.15) is 16.7 Å². The number of sulfonamides is 1. The highest BCUT2D eigenvalue weighted by Gasteiger charge is 2.39. The maximum atomic E-state index is 13.5. The van der Waals surface area contributed by atoms with Gasteiger partial charge in [0.2, 0.25) is 15.9 Å². The molecule has 0 fully saturated rings. The van der Waals surface area contributed by atoms with E-state index >= 15 is 0 Å². The van der Waals surface area contributed by atoms with Gasteiger partial charge in [0.1, 0.15) is 11.8 Å². The highest BCUT2D eigenvalue weighted by atomic mass is 35.5. The van der Waals surface area contributed by atoms with Gasteiger partial charge < -0.3 is 10.1 Å². The number of nitrogens with one attached hydrogen (secondary N) is 1. The largest absolute Gasteiger partial charge is 0.497 e. The molecule has 3 aromatic carbocycles. The third-order valence-electron chi connectivity index (χ3n) is 5.59. The van der Waals surface area contributed by atoms with Crippen LogP contribution in [0.2, 0.25) is 5.02 Å². The quantitative estimate of drug-likeness (QED) is 0.595. The molecule has 3 aromatic rings. The highest BCUT2D eigenvalue weighted by Crippen LogP contribution is 2.30. The summed E-state index contributed by atoms with van der Waals surface area (Å²) in [4.78, 5) is 13.3. The summed E-state index contributed by atoms with van der Waals surface area (Å²) in [5, 5.41) is 3.41. The van der Waals surface area contributed by atoms with Crippen LogP contribution < -0.4 is 10.1 Å². The summed E-state index contributed by atoms with van der Waals surface area (Å²) < 4.78 is 33.5. The average Bonchev–Trinajstić information content (AvgIpc) is 2.82. The molecule has 0 bridgehead atoms. The molecule has 1 unspecified atom stereocenters. The lowest BCUT2D eigenvalue weighted by Crippen LogP contribution is -2.52. The van der Waals surface area contributed by atoms with Crippen molar-refractivity contribution in [2.75, 3.05) is 7.11 Å². The van der Waals surface area contributed by atoms with Gasteiger partial charge in [0.15, 0.2) is 0 Å². The number of nitrogens with zero attached hydrogens (tertiary/aromatic N) is 1. The number of amides is 1. The fourth-order valence-corrected chi connectivity index (χ4v) is 5.57. The number of carbonyl (C=O) groups excluding carboxylic acids is 1. The molecule has 1 N–H and O–H groups in total. The van der Waals surface area contributed by atoms with Crippen LogP contribution in [0.5, 0.6) is 5.75 Å². The van der Waals surface area contributed by atoms with E-state index in [2.05, 4.69) is 5.32 Å². The van der Waals surface area contributed by atoms with E-state index in [4.69, 9.17) is 16.3 Å². The van der Waals surface area contributed by atoms with Crippen molar-refractivity contribution in [2.45, 2.75) is 30.4 Å². The van der Waals surface area contributed by atoms with Crippen LogP contribution >= 0.6 is 11.6 Å². The summed E-state index contributed by atoms with van der Waals surface area (Å²) in [6.07, 6.45) is 0.292. The molecule has 0 aliphatic carbocycles. The van der Waals surface area contributed by atoms with Crippen LogP contribution in [0.4, 0.5) is 0 Å². The van der Waals surface area contributed by atoms with Crippen LogP contribution in [0, 0.1) is 0 Å². The molecular weight excluding hydrogens is 448 g/mol. The van der Waals surface area contributed by atoms with Gasteiger partial charge in [-0.1, -0.05) is 54.1 Å². The average molecular weight is 471 g/mol. The van der Waals surface area contributed by atoms with E-state index in [0.29, 0.717) is 17.2 Å². The van der Waals surface area contributed by atoms with Crippen molar-refractivity contribution >= 4 is 27.5 Å². The van der Waals surface area contributed by atoms with Crippen molar-refractivity contribution < 1.29 is 17.9 Å². The molecule has 1 amide bonds. The number of hydrogen-bond acceptors (Lipinski definition) is 4. The van der Waals surface area contributed by atoms with E-state index in [1.54, 1.807) is 18.2 Å². The summed E-state index contributed by atoms with van der Waals surface area (Å²) >= 11 is 6.20. The van der Waals surface area contributed by atoms with Crippen LogP contribution in [0.3, 0.4) is 0 Å². The lowest BCUT2D eigenvalue weighted by Gasteiger charge is -2.35. The van der Waals surface area contributed by atoms with Crippen LogP contribution in [-0.4, -0.2) is 31.8 Å². The van der Waals surface area contributed by atoms with Gasteiger partial charge in [-0.15, -0.1) is 0 Å². The van der Waals surface area contributed by atoms with Crippen molar-refractivity contribution in [3.8, 4) is 5.75 Å². The molecular formula is C24H23ClN2O4S. The summed E-state index contributed by atoms with van der Waals surface area (Å²) in [7, 11) is -2.41. The van der Waals surface area contributed by atoms with Crippen molar-refractivity contribution in [2.24, 2.45) is 0 Å². The molecule has 166 valence electrons. The first kappa shape index (κ1) is 22.3. The zero-order valence-corrected chi connectivity index (χ0v) is 19.1. The van der Waals surface area contributed by atoms with Gasteiger partial charge in [0.25, 0.3) is 0 Å². The fourth-order valence-electron chi connectivity index (χ4n) is 3.80. The molecule has 32 heavy (non-hydrogen) atoms. The number of ether oxygens (including phenoxy) is 1. The Hall–Kier alpha value is -2.87. The maximum absolute atomic E-state index is 13.5.